The number of carbonyl (C=O) groups excluding carboxylic acids is 1. The molecule has 3 aromatic rings. The van der Waals surface area contributed by atoms with E-state index >= 15 is 0 Å². The van der Waals surface area contributed by atoms with Crippen LogP contribution in [0.25, 0.3) is 10.8 Å². The van der Waals surface area contributed by atoms with Gasteiger partial charge in [0.1, 0.15) is 22.9 Å². The summed E-state index contributed by atoms with van der Waals surface area (Å²) in [6.45, 7) is 2.03. The van der Waals surface area contributed by atoms with E-state index < -0.39 is 0 Å². The number of nitrogens with one attached hydrogen (secondary N) is 2. The van der Waals surface area contributed by atoms with Gasteiger partial charge in [0.15, 0.2) is 0 Å². The van der Waals surface area contributed by atoms with Gasteiger partial charge in [-0.3, -0.25) is 4.79 Å². The van der Waals surface area contributed by atoms with Crippen molar-refractivity contribution in [3.63, 3.8) is 0 Å². The van der Waals surface area contributed by atoms with E-state index in [2.05, 4.69) is 20.9 Å². The summed E-state index contributed by atoms with van der Waals surface area (Å²) in [5, 5.41) is 35.8. The van der Waals surface area contributed by atoms with E-state index in [1.54, 1.807) is 36.4 Å². The highest BCUT2D eigenvalue weighted by Gasteiger charge is 2.12. The fourth-order valence-corrected chi connectivity index (χ4v) is 2.81. The number of hydrogen-bond acceptors (Lipinski definition) is 6. The minimum atomic E-state index is -0.230. The molecular weight excluding hydrogens is 344 g/mol. The Balaban J connectivity index is 2.11. The van der Waals surface area contributed by atoms with Gasteiger partial charge in [0.25, 0.3) is 0 Å². The van der Waals surface area contributed by atoms with Gasteiger partial charge < -0.3 is 20.8 Å². The van der Waals surface area contributed by atoms with Crippen molar-refractivity contribution in [2.24, 2.45) is 10.2 Å². The van der Waals surface area contributed by atoms with E-state index in [0.29, 0.717) is 17.6 Å². The van der Waals surface area contributed by atoms with Crippen molar-refractivity contribution >= 4 is 33.7 Å². The molecule has 0 saturated carbocycles. The molecule has 0 bridgehead atoms. The number of azo groups is 1. The number of nitrogens with zero attached hydrogens (tertiary/aromatic N) is 2. The second kappa shape index (κ2) is 7.84. The molecule has 3 aromatic carbocycles. The molecule has 0 aromatic heterocycles. The zero-order chi connectivity index (χ0) is 19.4. The number of aromatic hydroxyl groups is 2. The lowest BCUT2D eigenvalue weighted by Crippen LogP contribution is -2.06. The molecule has 0 heterocycles. The molecule has 1 amide bonds. The van der Waals surface area contributed by atoms with E-state index in [4.69, 9.17) is 0 Å². The first-order valence-electron chi connectivity index (χ1n) is 8.40. The lowest BCUT2D eigenvalue weighted by molar-refractivity contribution is -0.114. The average Bonchev–Trinajstić information content (AvgIpc) is 2.63. The minimum Gasteiger partial charge on any atom is -0.506 e. The molecule has 138 valence electrons. The van der Waals surface area contributed by atoms with Crippen LogP contribution in [-0.4, -0.2) is 23.2 Å². The van der Waals surface area contributed by atoms with Gasteiger partial charge in [-0.15, -0.1) is 10.2 Å². The molecule has 7 nitrogen and oxygen atoms in total. The maximum absolute atomic E-state index is 11.5. The number of phenols is 2. The van der Waals surface area contributed by atoms with Crippen molar-refractivity contribution in [2.45, 2.75) is 13.5 Å². The molecule has 0 unspecified atom stereocenters. The molecule has 0 aliphatic carbocycles. The molecule has 27 heavy (non-hydrogen) atoms. The van der Waals surface area contributed by atoms with Crippen LogP contribution in [0.15, 0.2) is 58.8 Å². The molecular formula is C20H20N4O3. The van der Waals surface area contributed by atoms with Crippen molar-refractivity contribution in [3.8, 4) is 11.5 Å². The highest BCUT2D eigenvalue weighted by atomic mass is 16.3. The molecule has 0 radical (unpaired) electrons. The van der Waals surface area contributed by atoms with Crippen LogP contribution in [0.5, 0.6) is 11.5 Å². The molecule has 0 spiro atoms. The Morgan fingerprint density at radius 3 is 2.56 bits per heavy atom. The first-order valence-corrected chi connectivity index (χ1v) is 8.40. The normalized spacial score (nSPS) is 11.2. The largest absolute Gasteiger partial charge is 0.506 e. The second-order valence-electron chi connectivity index (χ2n) is 6.07. The Morgan fingerprint density at radius 2 is 1.81 bits per heavy atom. The van der Waals surface area contributed by atoms with E-state index in [0.717, 1.165) is 10.9 Å². The molecule has 4 N–H and O–H groups in total. The summed E-state index contributed by atoms with van der Waals surface area (Å²) in [4.78, 5) is 11.5. The van der Waals surface area contributed by atoms with Crippen molar-refractivity contribution in [1.82, 2.24) is 5.32 Å². The number of phenolic OH excluding ortho intramolecular Hbond substituents is 2. The van der Waals surface area contributed by atoms with E-state index in [-0.39, 0.29) is 28.8 Å². The predicted molar refractivity (Wildman–Crippen MR) is 105 cm³/mol. The highest BCUT2D eigenvalue weighted by molar-refractivity contribution is 6.08. The molecule has 0 fully saturated rings. The summed E-state index contributed by atoms with van der Waals surface area (Å²) in [5.41, 5.74) is 1.97. The van der Waals surface area contributed by atoms with Crippen LogP contribution in [0.4, 0.5) is 17.1 Å². The fourth-order valence-electron chi connectivity index (χ4n) is 2.81. The van der Waals surface area contributed by atoms with Gasteiger partial charge in [-0.2, -0.15) is 0 Å². The van der Waals surface area contributed by atoms with Gasteiger partial charge in [-0.25, -0.2) is 0 Å². The molecule has 3 rings (SSSR count). The quantitative estimate of drug-likeness (QED) is 0.505. The van der Waals surface area contributed by atoms with Crippen LogP contribution in [0.1, 0.15) is 12.5 Å². The summed E-state index contributed by atoms with van der Waals surface area (Å²) in [5.74, 6) is -0.318. The molecule has 7 heteroatoms. The number of rotatable bonds is 5. The zero-order valence-electron chi connectivity index (χ0n) is 15.0. The Bertz CT molecular complexity index is 1030. The third kappa shape index (κ3) is 4.04. The lowest BCUT2D eigenvalue weighted by atomic mass is 10.1. The third-order valence-corrected chi connectivity index (χ3v) is 3.99. The van der Waals surface area contributed by atoms with Crippen molar-refractivity contribution in [3.05, 3.63) is 54.1 Å². The van der Waals surface area contributed by atoms with E-state index in [9.17, 15) is 15.0 Å². The second-order valence-corrected chi connectivity index (χ2v) is 6.07. The smallest absolute Gasteiger partial charge is 0.221 e. The van der Waals surface area contributed by atoms with Crippen molar-refractivity contribution < 1.29 is 15.0 Å². The first-order chi connectivity index (χ1) is 13.0. The summed E-state index contributed by atoms with van der Waals surface area (Å²) in [6.07, 6.45) is 0. The van der Waals surface area contributed by atoms with Crippen molar-refractivity contribution in [2.75, 3.05) is 12.4 Å². The Hall–Kier alpha value is -3.45. The number of benzene rings is 3. The standard InChI is InChI=1S/C20H20N4O3/c1-12(25)22-15-5-3-4-14-7-9-18(27)20(19(14)15)24-23-16-10-13(11-21-2)6-8-17(16)26/h3-10,21,26-27H,11H2,1-2H3,(H,22,25)/b24-23+. The number of amides is 1. The molecule has 0 aliphatic heterocycles. The maximum Gasteiger partial charge on any atom is 0.221 e. The summed E-state index contributed by atoms with van der Waals surface area (Å²) >= 11 is 0. The van der Waals surface area contributed by atoms with Crippen LogP contribution < -0.4 is 10.6 Å². The Kier molecular flexibility index (Phi) is 5.33. The van der Waals surface area contributed by atoms with Crippen LogP contribution in [0.2, 0.25) is 0 Å². The van der Waals surface area contributed by atoms with Crippen LogP contribution in [-0.2, 0) is 11.3 Å². The van der Waals surface area contributed by atoms with Crippen molar-refractivity contribution in [1.29, 1.82) is 0 Å². The first kappa shape index (κ1) is 18.3. The fraction of sp³-hybridized carbons (Fsp3) is 0.150. The monoisotopic (exact) mass is 364 g/mol. The Labute approximate surface area is 156 Å². The summed E-state index contributed by atoms with van der Waals surface area (Å²) in [7, 11) is 1.83. The third-order valence-electron chi connectivity index (χ3n) is 3.99. The number of carbonyl (C=O) groups is 1. The minimum absolute atomic E-state index is 0.0135. The summed E-state index contributed by atoms with van der Waals surface area (Å²) in [6, 6.07) is 13.7. The van der Waals surface area contributed by atoms with Crippen LogP contribution >= 0.6 is 0 Å². The van der Waals surface area contributed by atoms with Gasteiger partial charge in [0, 0.05) is 18.9 Å². The number of hydrogen-bond donors (Lipinski definition) is 4. The van der Waals surface area contributed by atoms with Gasteiger partial charge in [-0.1, -0.05) is 24.3 Å². The van der Waals surface area contributed by atoms with E-state index in [1.165, 1.54) is 13.0 Å². The van der Waals surface area contributed by atoms with Gasteiger partial charge >= 0.3 is 0 Å². The number of fused-ring (bicyclic) bond motifs is 1. The molecule has 0 saturated heterocycles. The zero-order valence-corrected chi connectivity index (χ0v) is 15.0. The topological polar surface area (TPSA) is 106 Å². The van der Waals surface area contributed by atoms with Gasteiger partial charge in [-0.05, 0) is 42.3 Å². The predicted octanol–water partition coefficient (Wildman–Crippen LogP) is 4.34. The Morgan fingerprint density at radius 1 is 1.04 bits per heavy atom. The SMILES string of the molecule is CNCc1ccc(O)c(/N=N/c2c(O)ccc3cccc(NC(C)=O)c23)c1. The van der Waals surface area contributed by atoms with Crippen LogP contribution in [0.3, 0.4) is 0 Å². The average molecular weight is 364 g/mol. The molecule has 0 atom stereocenters. The van der Waals surface area contributed by atoms with Gasteiger partial charge in [0.2, 0.25) is 5.91 Å². The maximum atomic E-state index is 11.5. The summed E-state index contributed by atoms with van der Waals surface area (Å²) < 4.78 is 0. The lowest BCUT2D eigenvalue weighted by Gasteiger charge is -2.10. The highest BCUT2D eigenvalue weighted by Crippen LogP contribution is 2.41. The molecule has 0 aliphatic rings. The number of anilines is 1. The van der Waals surface area contributed by atoms with E-state index in [1.807, 2.05) is 13.1 Å². The van der Waals surface area contributed by atoms with Gasteiger partial charge in [0.05, 0.1) is 5.69 Å². The van der Waals surface area contributed by atoms with Crippen LogP contribution in [0, 0.1) is 0 Å².